The Hall–Kier alpha value is -1.85. The molecule has 6 heteroatoms. The Morgan fingerprint density at radius 1 is 1.48 bits per heavy atom. The molecule has 0 saturated carbocycles. The molecule has 1 aliphatic heterocycles. The predicted octanol–water partition coefficient (Wildman–Crippen LogP) is 1.95. The van der Waals surface area contributed by atoms with Gasteiger partial charge in [0, 0.05) is 24.3 Å². The zero-order valence-electron chi connectivity index (χ0n) is 11.6. The molecule has 1 aliphatic rings. The first-order chi connectivity index (χ1) is 10.2. The second kappa shape index (κ2) is 5.87. The molecule has 2 heterocycles. The van der Waals surface area contributed by atoms with Gasteiger partial charge in [0.25, 0.3) is 5.91 Å². The van der Waals surface area contributed by atoms with Crippen LogP contribution in [0.2, 0.25) is 5.02 Å². The predicted molar refractivity (Wildman–Crippen MR) is 81.6 cm³/mol. The molecule has 0 bridgehead atoms. The minimum Gasteiger partial charge on any atom is -0.338 e. The van der Waals surface area contributed by atoms with Crippen molar-refractivity contribution >= 4 is 17.5 Å². The van der Waals surface area contributed by atoms with Gasteiger partial charge < -0.3 is 10.6 Å². The molecule has 1 fully saturated rings. The summed E-state index contributed by atoms with van der Waals surface area (Å²) in [6.45, 7) is 2.13. The van der Waals surface area contributed by atoms with E-state index in [1.807, 2.05) is 23.1 Å². The monoisotopic (exact) mass is 304 g/mol. The van der Waals surface area contributed by atoms with Crippen molar-refractivity contribution < 1.29 is 4.79 Å². The van der Waals surface area contributed by atoms with Crippen LogP contribution in [0.5, 0.6) is 0 Å². The average molecular weight is 305 g/mol. The van der Waals surface area contributed by atoms with Gasteiger partial charge in [-0.25, -0.2) is 4.68 Å². The standard InChI is InChI=1S/C15H17ClN4O/c16-13-2-1-3-14(6-13)20-10-12(8-18-20)15(21)19-5-4-11(7-17)9-19/h1-3,6,8,10-11H,4-5,7,9,17H2/t11-/m1/s1. The molecule has 5 nitrogen and oxygen atoms in total. The van der Waals surface area contributed by atoms with Crippen molar-refractivity contribution in [3.05, 3.63) is 47.2 Å². The Kier molecular flexibility index (Phi) is 3.94. The fourth-order valence-corrected chi connectivity index (χ4v) is 2.77. The molecule has 110 valence electrons. The first-order valence-electron chi connectivity index (χ1n) is 6.97. The second-order valence-electron chi connectivity index (χ2n) is 5.30. The van der Waals surface area contributed by atoms with E-state index in [2.05, 4.69) is 5.10 Å². The van der Waals surface area contributed by atoms with Gasteiger partial charge in [0.05, 0.1) is 17.4 Å². The summed E-state index contributed by atoms with van der Waals surface area (Å²) in [5.41, 5.74) is 7.09. The lowest BCUT2D eigenvalue weighted by atomic mass is 10.1. The molecule has 0 aliphatic carbocycles. The molecule has 2 N–H and O–H groups in total. The third kappa shape index (κ3) is 2.94. The molecule has 1 aromatic heterocycles. The van der Waals surface area contributed by atoms with Crippen molar-refractivity contribution in [2.24, 2.45) is 11.7 Å². The van der Waals surface area contributed by atoms with Gasteiger partial charge in [-0.2, -0.15) is 5.10 Å². The van der Waals surface area contributed by atoms with Crippen LogP contribution in [0.4, 0.5) is 0 Å². The summed E-state index contributed by atoms with van der Waals surface area (Å²) >= 11 is 5.97. The van der Waals surface area contributed by atoms with E-state index in [1.165, 1.54) is 0 Å². The van der Waals surface area contributed by atoms with Crippen LogP contribution in [-0.4, -0.2) is 40.2 Å². The highest BCUT2D eigenvalue weighted by Gasteiger charge is 2.26. The SMILES string of the molecule is NC[C@H]1CCN(C(=O)c2cnn(-c3cccc(Cl)c3)c2)C1. The number of hydrogen-bond acceptors (Lipinski definition) is 3. The number of rotatable bonds is 3. The van der Waals surface area contributed by atoms with Gasteiger partial charge >= 0.3 is 0 Å². The van der Waals surface area contributed by atoms with E-state index >= 15 is 0 Å². The minimum absolute atomic E-state index is 0.0132. The van der Waals surface area contributed by atoms with Crippen LogP contribution in [0.3, 0.4) is 0 Å². The maximum absolute atomic E-state index is 12.4. The topological polar surface area (TPSA) is 64.2 Å². The summed E-state index contributed by atoms with van der Waals surface area (Å²) in [5, 5.41) is 4.89. The highest BCUT2D eigenvalue weighted by molar-refractivity contribution is 6.30. The third-order valence-electron chi connectivity index (χ3n) is 3.81. The Labute approximate surface area is 128 Å². The van der Waals surface area contributed by atoms with E-state index in [0.717, 1.165) is 25.2 Å². The van der Waals surface area contributed by atoms with Gasteiger partial charge in [0.1, 0.15) is 0 Å². The lowest BCUT2D eigenvalue weighted by Gasteiger charge is -2.14. The Balaban J connectivity index is 1.77. The van der Waals surface area contributed by atoms with Gasteiger partial charge in [-0.1, -0.05) is 17.7 Å². The zero-order chi connectivity index (χ0) is 14.8. The molecule has 1 amide bonds. The van der Waals surface area contributed by atoms with Crippen LogP contribution in [-0.2, 0) is 0 Å². The largest absolute Gasteiger partial charge is 0.338 e. The summed E-state index contributed by atoms with van der Waals surface area (Å²) in [7, 11) is 0. The molecular weight excluding hydrogens is 288 g/mol. The number of nitrogens with zero attached hydrogens (tertiary/aromatic N) is 3. The van der Waals surface area contributed by atoms with Crippen molar-refractivity contribution in [2.75, 3.05) is 19.6 Å². The number of amides is 1. The number of aromatic nitrogens is 2. The van der Waals surface area contributed by atoms with Crippen molar-refractivity contribution in [1.82, 2.24) is 14.7 Å². The fraction of sp³-hybridized carbons (Fsp3) is 0.333. The van der Waals surface area contributed by atoms with Crippen LogP contribution < -0.4 is 5.73 Å². The van der Waals surface area contributed by atoms with Crippen LogP contribution >= 0.6 is 11.6 Å². The Morgan fingerprint density at radius 2 is 2.33 bits per heavy atom. The van der Waals surface area contributed by atoms with E-state index < -0.39 is 0 Å². The van der Waals surface area contributed by atoms with Gasteiger partial charge in [-0.15, -0.1) is 0 Å². The number of nitrogens with two attached hydrogens (primary N) is 1. The highest BCUT2D eigenvalue weighted by atomic mass is 35.5. The lowest BCUT2D eigenvalue weighted by Crippen LogP contribution is -2.29. The summed E-state index contributed by atoms with van der Waals surface area (Å²) in [5.74, 6) is 0.427. The van der Waals surface area contributed by atoms with Crippen LogP contribution in [0.1, 0.15) is 16.8 Å². The van der Waals surface area contributed by atoms with Crippen LogP contribution in [0.25, 0.3) is 5.69 Å². The van der Waals surface area contributed by atoms with E-state index in [4.69, 9.17) is 17.3 Å². The fourth-order valence-electron chi connectivity index (χ4n) is 2.59. The minimum atomic E-state index is 0.0132. The molecule has 1 aromatic carbocycles. The van der Waals surface area contributed by atoms with E-state index in [9.17, 15) is 4.79 Å². The van der Waals surface area contributed by atoms with Gasteiger partial charge in [0.15, 0.2) is 0 Å². The number of carbonyl (C=O) groups is 1. The van der Waals surface area contributed by atoms with E-state index in [-0.39, 0.29) is 5.91 Å². The summed E-state index contributed by atoms with van der Waals surface area (Å²) in [6.07, 6.45) is 4.31. The maximum Gasteiger partial charge on any atom is 0.257 e. The van der Waals surface area contributed by atoms with E-state index in [0.29, 0.717) is 23.0 Å². The van der Waals surface area contributed by atoms with Crippen LogP contribution in [0.15, 0.2) is 36.7 Å². The lowest BCUT2D eigenvalue weighted by molar-refractivity contribution is 0.0787. The van der Waals surface area contributed by atoms with Crippen molar-refractivity contribution in [3.8, 4) is 5.69 Å². The summed E-state index contributed by atoms with van der Waals surface area (Å²) in [6, 6.07) is 7.36. The Morgan fingerprint density at radius 3 is 3.05 bits per heavy atom. The molecule has 0 spiro atoms. The molecule has 0 unspecified atom stereocenters. The average Bonchev–Trinajstić information content (AvgIpc) is 3.16. The smallest absolute Gasteiger partial charge is 0.257 e. The zero-order valence-corrected chi connectivity index (χ0v) is 12.3. The molecular formula is C15H17ClN4O. The Bertz CT molecular complexity index is 655. The molecule has 21 heavy (non-hydrogen) atoms. The van der Waals surface area contributed by atoms with E-state index in [1.54, 1.807) is 23.1 Å². The number of halogens is 1. The number of hydrogen-bond donors (Lipinski definition) is 1. The van der Waals surface area contributed by atoms with Crippen molar-refractivity contribution in [1.29, 1.82) is 0 Å². The summed E-state index contributed by atoms with van der Waals surface area (Å²) < 4.78 is 1.66. The maximum atomic E-state index is 12.4. The van der Waals surface area contributed by atoms with Gasteiger partial charge in [-0.3, -0.25) is 4.79 Å². The van der Waals surface area contributed by atoms with Gasteiger partial charge in [-0.05, 0) is 37.1 Å². The third-order valence-corrected chi connectivity index (χ3v) is 4.04. The number of likely N-dealkylation sites (tertiary alicyclic amines) is 1. The molecule has 0 radical (unpaired) electrons. The number of benzene rings is 1. The first kappa shape index (κ1) is 14.1. The molecule has 1 saturated heterocycles. The summed E-state index contributed by atoms with van der Waals surface area (Å²) in [4.78, 5) is 14.3. The molecule has 2 aromatic rings. The molecule has 3 rings (SSSR count). The first-order valence-corrected chi connectivity index (χ1v) is 7.35. The van der Waals surface area contributed by atoms with Crippen molar-refractivity contribution in [2.45, 2.75) is 6.42 Å². The normalized spacial score (nSPS) is 18.2. The number of carbonyl (C=O) groups excluding carboxylic acids is 1. The molecule has 1 atom stereocenters. The quantitative estimate of drug-likeness (QED) is 0.942. The van der Waals surface area contributed by atoms with Gasteiger partial charge in [0.2, 0.25) is 0 Å². The van der Waals surface area contributed by atoms with Crippen molar-refractivity contribution in [3.63, 3.8) is 0 Å². The highest BCUT2D eigenvalue weighted by Crippen LogP contribution is 2.19. The second-order valence-corrected chi connectivity index (χ2v) is 5.73. The van der Waals surface area contributed by atoms with Crippen LogP contribution in [0, 0.1) is 5.92 Å².